The molecule has 0 N–H and O–H groups in total. The molecule has 0 saturated heterocycles. The second-order valence-electron chi connectivity index (χ2n) is 9.93. The van der Waals surface area contributed by atoms with Crippen molar-refractivity contribution < 1.29 is 0 Å². The summed E-state index contributed by atoms with van der Waals surface area (Å²) in [6.07, 6.45) is 2.13. The molecule has 0 atom stereocenters. The maximum atomic E-state index is 2.46. The highest BCUT2D eigenvalue weighted by Crippen LogP contribution is 2.56. The third-order valence-corrected chi connectivity index (χ3v) is 7.55. The monoisotopic (exact) mass is 400 g/mol. The maximum Gasteiger partial charge on any atom is 0.0158 e. The van der Waals surface area contributed by atoms with E-state index in [9.17, 15) is 0 Å². The summed E-state index contributed by atoms with van der Waals surface area (Å²) >= 11 is 0. The molecule has 31 heavy (non-hydrogen) atoms. The zero-order valence-electron chi connectivity index (χ0n) is 18.8. The molecule has 0 aromatic heterocycles. The molecule has 6 rings (SSSR count). The molecule has 0 heterocycles. The molecule has 4 aromatic carbocycles. The summed E-state index contributed by atoms with van der Waals surface area (Å²) in [6.45, 7) is 9.61. The van der Waals surface area contributed by atoms with E-state index in [4.69, 9.17) is 0 Å². The Morgan fingerprint density at radius 3 is 1.42 bits per heavy atom. The number of benzene rings is 4. The van der Waals surface area contributed by atoms with Gasteiger partial charge in [-0.25, -0.2) is 0 Å². The summed E-state index contributed by atoms with van der Waals surface area (Å²) in [5.74, 6) is 0. The zero-order valence-corrected chi connectivity index (χ0v) is 18.8. The van der Waals surface area contributed by atoms with Crippen molar-refractivity contribution in [3.63, 3.8) is 0 Å². The molecule has 0 radical (unpaired) electrons. The van der Waals surface area contributed by atoms with E-state index in [2.05, 4.69) is 100 Å². The van der Waals surface area contributed by atoms with Crippen LogP contribution < -0.4 is 0 Å². The third kappa shape index (κ3) is 2.54. The van der Waals surface area contributed by atoms with E-state index in [0.29, 0.717) is 0 Å². The van der Waals surface area contributed by atoms with Crippen molar-refractivity contribution in [3.05, 3.63) is 106 Å². The minimum Gasteiger partial charge on any atom is -0.0642 e. The summed E-state index contributed by atoms with van der Waals surface area (Å²) in [5, 5.41) is 5.48. The molecule has 2 aliphatic rings. The summed E-state index contributed by atoms with van der Waals surface area (Å²) in [7, 11) is 0. The van der Waals surface area contributed by atoms with Crippen molar-refractivity contribution in [2.75, 3.05) is 0 Å². The second kappa shape index (κ2) is 6.44. The quantitative estimate of drug-likeness (QED) is 0.317. The topological polar surface area (TPSA) is 0 Å². The van der Waals surface area contributed by atoms with Crippen LogP contribution >= 0.6 is 0 Å². The van der Waals surface area contributed by atoms with Gasteiger partial charge in [-0.15, -0.1) is 0 Å². The van der Waals surface area contributed by atoms with Gasteiger partial charge >= 0.3 is 0 Å². The molecule has 0 bridgehead atoms. The van der Waals surface area contributed by atoms with Gasteiger partial charge in [-0.3, -0.25) is 0 Å². The van der Waals surface area contributed by atoms with E-state index < -0.39 is 0 Å². The van der Waals surface area contributed by atoms with Crippen molar-refractivity contribution >= 4 is 32.7 Å². The molecular formula is C31H28. The Labute approximate surface area is 184 Å². The van der Waals surface area contributed by atoms with Crippen LogP contribution in [-0.2, 0) is 12.8 Å². The van der Waals surface area contributed by atoms with Crippen molar-refractivity contribution in [1.82, 2.24) is 0 Å². The van der Waals surface area contributed by atoms with Crippen LogP contribution in [0.3, 0.4) is 0 Å². The van der Waals surface area contributed by atoms with E-state index in [-0.39, 0.29) is 5.41 Å². The van der Waals surface area contributed by atoms with Crippen LogP contribution in [-0.4, -0.2) is 0 Å². The van der Waals surface area contributed by atoms with Gasteiger partial charge in [0.2, 0.25) is 0 Å². The zero-order chi connectivity index (χ0) is 21.3. The van der Waals surface area contributed by atoms with Gasteiger partial charge in [0.05, 0.1) is 0 Å². The molecule has 4 aromatic rings. The van der Waals surface area contributed by atoms with E-state index in [1.807, 2.05) is 0 Å². The molecule has 0 spiro atoms. The van der Waals surface area contributed by atoms with E-state index >= 15 is 0 Å². The number of allylic oxidation sites excluding steroid dienone is 4. The third-order valence-electron chi connectivity index (χ3n) is 7.55. The van der Waals surface area contributed by atoms with Gasteiger partial charge in [-0.2, -0.15) is 0 Å². The van der Waals surface area contributed by atoms with Crippen molar-refractivity contribution in [2.24, 2.45) is 5.41 Å². The Morgan fingerprint density at radius 2 is 0.968 bits per heavy atom. The highest BCUT2D eigenvalue weighted by molar-refractivity contribution is 6.06. The van der Waals surface area contributed by atoms with E-state index in [1.54, 1.807) is 0 Å². The van der Waals surface area contributed by atoms with Gasteiger partial charge < -0.3 is 0 Å². The van der Waals surface area contributed by atoms with Crippen LogP contribution in [0.4, 0.5) is 0 Å². The molecule has 0 aliphatic heterocycles. The van der Waals surface area contributed by atoms with Crippen LogP contribution in [0.5, 0.6) is 0 Å². The first-order valence-electron chi connectivity index (χ1n) is 11.4. The predicted molar refractivity (Wildman–Crippen MR) is 134 cm³/mol. The summed E-state index contributed by atoms with van der Waals surface area (Å²) < 4.78 is 0. The fourth-order valence-electron chi connectivity index (χ4n) is 6.51. The van der Waals surface area contributed by atoms with Crippen molar-refractivity contribution in [3.8, 4) is 0 Å². The van der Waals surface area contributed by atoms with Gasteiger partial charge in [-0.05, 0) is 81.6 Å². The molecule has 2 aliphatic carbocycles. The first-order chi connectivity index (χ1) is 15.0. The molecule has 0 amide bonds. The van der Waals surface area contributed by atoms with Crippen LogP contribution in [0.1, 0.15) is 49.9 Å². The number of fused-ring (bicyclic) bond motifs is 6. The molecule has 0 fully saturated rings. The second-order valence-corrected chi connectivity index (χ2v) is 9.93. The lowest BCUT2D eigenvalue weighted by Crippen LogP contribution is -2.17. The number of hydrogen-bond acceptors (Lipinski definition) is 0. The van der Waals surface area contributed by atoms with E-state index in [1.165, 1.54) is 66.1 Å². The fourth-order valence-corrected chi connectivity index (χ4v) is 6.51. The lowest BCUT2D eigenvalue weighted by atomic mass is 9.70. The summed E-state index contributed by atoms with van der Waals surface area (Å²) in [6, 6.07) is 27.1. The van der Waals surface area contributed by atoms with Crippen molar-refractivity contribution in [2.45, 2.75) is 40.5 Å². The first-order valence-corrected chi connectivity index (χ1v) is 11.4. The Bertz CT molecular complexity index is 1350. The van der Waals surface area contributed by atoms with Gasteiger partial charge in [0.15, 0.2) is 0 Å². The molecule has 0 unspecified atom stereocenters. The van der Waals surface area contributed by atoms with Crippen LogP contribution in [0, 0.1) is 5.41 Å². The molecule has 152 valence electrons. The largest absolute Gasteiger partial charge is 0.0642 e. The first kappa shape index (κ1) is 18.6. The number of rotatable bonds is 2. The highest BCUT2D eigenvalue weighted by atomic mass is 14.4. The summed E-state index contributed by atoms with van der Waals surface area (Å²) in [4.78, 5) is 0. The minimum atomic E-state index is -0.0566. The molecular weight excluding hydrogens is 372 g/mol. The van der Waals surface area contributed by atoms with Gasteiger partial charge in [-0.1, -0.05) is 97.8 Å². The Hall–Kier alpha value is -3.12. The minimum absolute atomic E-state index is 0.0566. The highest BCUT2D eigenvalue weighted by Gasteiger charge is 2.39. The SMILES string of the molecule is CC1=C(C(C)(C)C2=C(C)Cc3ccc4ccccc4c32)c2c(ccc3ccccc23)C1. The standard InChI is InChI=1S/C31H28/c1-19-17-23-15-13-21-9-5-7-11-25(21)27(23)29(19)31(3,4)30-20(2)18-24-16-14-22-10-6-8-12-26(22)28(24)30/h5-16H,17-18H2,1-4H3. The molecule has 0 heteroatoms. The molecule has 0 nitrogen and oxygen atoms in total. The smallest absolute Gasteiger partial charge is 0.0158 e. The van der Waals surface area contributed by atoms with Crippen LogP contribution in [0.15, 0.2) is 83.9 Å². The Balaban J connectivity index is 1.63. The molecule has 0 saturated carbocycles. The van der Waals surface area contributed by atoms with Gasteiger partial charge in [0, 0.05) is 5.41 Å². The van der Waals surface area contributed by atoms with Crippen LogP contribution in [0.2, 0.25) is 0 Å². The van der Waals surface area contributed by atoms with E-state index in [0.717, 1.165) is 12.8 Å². The Kier molecular flexibility index (Phi) is 3.87. The number of hydrogen-bond donors (Lipinski definition) is 0. The lowest BCUT2D eigenvalue weighted by Gasteiger charge is -2.33. The van der Waals surface area contributed by atoms with Crippen LogP contribution in [0.25, 0.3) is 32.7 Å². The predicted octanol–water partition coefficient (Wildman–Crippen LogP) is 8.38. The maximum absolute atomic E-state index is 2.46. The normalized spacial score (nSPS) is 15.9. The average Bonchev–Trinajstić information content (AvgIpc) is 3.30. The Morgan fingerprint density at radius 1 is 0.548 bits per heavy atom. The average molecular weight is 401 g/mol. The van der Waals surface area contributed by atoms with Gasteiger partial charge in [0.1, 0.15) is 0 Å². The lowest BCUT2D eigenvalue weighted by molar-refractivity contribution is 0.670. The van der Waals surface area contributed by atoms with Crippen molar-refractivity contribution in [1.29, 1.82) is 0 Å². The summed E-state index contributed by atoms with van der Waals surface area (Å²) in [5.41, 5.74) is 12.0. The van der Waals surface area contributed by atoms with Gasteiger partial charge in [0.25, 0.3) is 0 Å². The fraction of sp³-hybridized carbons (Fsp3) is 0.226.